The average Bonchev–Trinajstić information content (AvgIpc) is 2.46. The van der Waals surface area contributed by atoms with Gasteiger partial charge in [0, 0.05) is 18.4 Å². The molecule has 1 atom stereocenters. The molecule has 0 N–H and O–H groups in total. The quantitative estimate of drug-likeness (QED) is 0.802. The summed E-state index contributed by atoms with van der Waals surface area (Å²) in [4.78, 5) is 14.6. The molecule has 2 rings (SSSR count). The minimum Gasteiger partial charge on any atom is -0.338 e. The number of carbonyl (C=O) groups is 1. The molecule has 1 unspecified atom stereocenters. The Kier molecular flexibility index (Phi) is 4.91. The zero-order valence-corrected chi connectivity index (χ0v) is 13.1. The molecule has 0 saturated carbocycles. The van der Waals surface area contributed by atoms with Gasteiger partial charge in [-0.3, -0.25) is 4.79 Å². The fourth-order valence-corrected chi connectivity index (χ4v) is 3.03. The van der Waals surface area contributed by atoms with E-state index in [2.05, 4.69) is 26.1 Å². The number of carbonyl (C=O) groups excluding carboxylic acids is 1. The number of alkyl halides is 1. The lowest BCUT2D eigenvalue weighted by Crippen LogP contribution is -2.40. The molecule has 1 amide bonds. The number of piperidine rings is 1. The van der Waals surface area contributed by atoms with Gasteiger partial charge in [0.15, 0.2) is 0 Å². The van der Waals surface area contributed by atoms with E-state index in [0.717, 1.165) is 48.2 Å². The van der Waals surface area contributed by atoms with Gasteiger partial charge in [-0.25, -0.2) is 0 Å². The largest absolute Gasteiger partial charge is 0.338 e. The van der Waals surface area contributed by atoms with E-state index >= 15 is 0 Å². The van der Waals surface area contributed by atoms with Crippen LogP contribution in [0.5, 0.6) is 0 Å². The summed E-state index contributed by atoms with van der Waals surface area (Å²) in [5.41, 5.74) is 2.33. The van der Waals surface area contributed by atoms with Crippen molar-refractivity contribution in [1.82, 2.24) is 15.1 Å². The van der Waals surface area contributed by atoms with Gasteiger partial charge in [-0.2, -0.15) is 10.2 Å². The highest BCUT2D eigenvalue weighted by Crippen LogP contribution is 2.21. The van der Waals surface area contributed by atoms with Gasteiger partial charge < -0.3 is 4.90 Å². The van der Waals surface area contributed by atoms with Crippen molar-refractivity contribution in [2.45, 2.75) is 33.1 Å². The molecule has 1 aliphatic heterocycles. The first-order chi connectivity index (χ1) is 9.15. The van der Waals surface area contributed by atoms with Crippen molar-refractivity contribution in [2.24, 2.45) is 5.92 Å². The summed E-state index contributed by atoms with van der Waals surface area (Å²) in [5, 5.41) is 9.15. The van der Waals surface area contributed by atoms with E-state index in [0.29, 0.717) is 5.92 Å². The predicted molar refractivity (Wildman–Crippen MR) is 78.6 cm³/mol. The molecule has 0 spiro atoms. The molecule has 1 fully saturated rings. The monoisotopic (exact) mass is 325 g/mol. The number of nitrogens with zero attached hydrogens (tertiary/aromatic N) is 3. The molecule has 104 valence electrons. The number of hydrogen-bond donors (Lipinski definition) is 0. The Hall–Kier alpha value is -0.970. The first kappa shape index (κ1) is 14.4. The summed E-state index contributed by atoms with van der Waals surface area (Å²) >= 11 is 3.52. The molecule has 1 saturated heterocycles. The molecule has 0 aliphatic carbocycles. The Morgan fingerprint density at radius 3 is 3.00 bits per heavy atom. The van der Waals surface area contributed by atoms with Crippen molar-refractivity contribution in [3.63, 3.8) is 0 Å². The van der Waals surface area contributed by atoms with Crippen LogP contribution in [0, 0.1) is 12.8 Å². The fraction of sp³-hybridized carbons (Fsp3) is 0.643. The maximum absolute atomic E-state index is 12.6. The lowest BCUT2D eigenvalue weighted by molar-refractivity contribution is 0.0684. The lowest BCUT2D eigenvalue weighted by Gasteiger charge is -2.32. The molecule has 19 heavy (non-hydrogen) atoms. The van der Waals surface area contributed by atoms with Gasteiger partial charge in [0.2, 0.25) is 0 Å². The summed E-state index contributed by atoms with van der Waals surface area (Å²) in [6.45, 7) is 5.58. The van der Waals surface area contributed by atoms with Gasteiger partial charge in [0.25, 0.3) is 5.91 Å². The van der Waals surface area contributed by atoms with Crippen molar-refractivity contribution in [1.29, 1.82) is 0 Å². The average molecular weight is 326 g/mol. The molecule has 4 nitrogen and oxygen atoms in total. The zero-order valence-electron chi connectivity index (χ0n) is 11.5. The van der Waals surface area contributed by atoms with Crippen molar-refractivity contribution >= 4 is 21.8 Å². The van der Waals surface area contributed by atoms with Gasteiger partial charge in [0.05, 0.1) is 17.0 Å². The molecule has 1 aliphatic rings. The van der Waals surface area contributed by atoms with E-state index in [4.69, 9.17) is 0 Å². The van der Waals surface area contributed by atoms with Crippen LogP contribution >= 0.6 is 15.9 Å². The number of likely N-dealkylation sites (tertiary alicyclic amines) is 1. The summed E-state index contributed by atoms with van der Waals surface area (Å²) in [7, 11) is 0. The highest BCUT2D eigenvalue weighted by Gasteiger charge is 2.25. The van der Waals surface area contributed by atoms with Crippen LogP contribution < -0.4 is 0 Å². The van der Waals surface area contributed by atoms with E-state index in [1.54, 1.807) is 0 Å². The van der Waals surface area contributed by atoms with E-state index in [1.807, 2.05) is 24.8 Å². The van der Waals surface area contributed by atoms with Gasteiger partial charge in [-0.05, 0) is 38.2 Å². The van der Waals surface area contributed by atoms with Crippen molar-refractivity contribution in [2.75, 3.05) is 18.4 Å². The zero-order chi connectivity index (χ0) is 13.8. The molecule has 1 aromatic rings. The van der Waals surface area contributed by atoms with Gasteiger partial charge >= 0.3 is 0 Å². The van der Waals surface area contributed by atoms with Crippen molar-refractivity contribution in [3.8, 4) is 0 Å². The van der Waals surface area contributed by atoms with Crippen LogP contribution in [0.4, 0.5) is 0 Å². The van der Waals surface area contributed by atoms with E-state index in [9.17, 15) is 4.79 Å². The number of aryl methyl sites for hydroxylation is 2. The Balaban J connectivity index is 2.21. The molecule has 0 bridgehead atoms. The van der Waals surface area contributed by atoms with Crippen LogP contribution in [-0.4, -0.2) is 39.4 Å². The first-order valence-corrected chi connectivity index (χ1v) is 7.96. The third kappa shape index (κ3) is 3.32. The second-order valence-corrected chi connectivity index (χ2v) is 5.76. The maximum atomic E-state index is 12.6. The lowest BCUT2D eigenvalue weighted by atomic mass is 9.99. The number of amides is 1. The number of halogens is 1. The van der Waals surface area contributed by atoms with Crippen molar-refractivity contribution < 1.29 is 4.79 Å². The molecular weight excluding hydrogens is 306 g/mol. The fourth-order valence-electron chi connectivity index (χ4n) is 2.51. The third-order valence-corrected chi connectivity index (χ3v) is 4.50. The standard InChI is InChI=1S/C14H20BrN3O/c1-3-13-12(7-10(2)16-17-13)14(19)18-6-4-5-11(8-15)9-18/h7,11H,3-6,8-9H2,1-2H3. The van der Waals surface area contributed by atoms with Gasteiger partial charge in [0.1, 0.15) is 0 Å². The summed E-state index contributed by atoms with van der Waals surface area (Å²) in [6.07, 6.45) is 3.02. The second-order valence-electron chi connectivity index (χ2n) is 5.11. The Morgan fingerprint density at radius 2 is 2.32 bits per heavy atom. The Labute approximate surface area is 122 Å². The van der Waals surface area contributed by atoms with Gasteiger partial charge in [-0.1, -0.05) is 22.9 Å². The number of rotatable bonds is 3. The first-order valence-electron chi connectivity index (χ1n) is 6.84. The third-order valence-electron chi connectivity index (χ3n) is 3.58. The minimum absolute atomic E-state index is 0.112. The minimum atomic E-state index is 0.112. The molecule has 5 heteroatoms. The van der Waals surface area contributed by atoms with Crippen LogP contribution in [0.25, 0.3) is 0 Å². The van der Waals surface area contributed by atoms with Crippen LogP contribution in [0.2, 0.25) is 0 Å². The van der Waals surface area contributed by atoms with E-state index in [1.165, 1.54) is 6.42 Å². The van der Waals surface area contributed by atoms with Crippen LogP contribution in [0.3, 0.4) is 0 Å². The van der Waals surface area contributed by atoms with Crippen LogP contribution in [0.15, 0.2) is 6.07 Å². The SMILES string of the molecule is CCc1nnc(C)cc1C(=O)N1CCCC(CBr)C1. The molecule has 0 aromatic carbocycles. The second kappa shape index (κ2) is 6.46. The number of hydrogen-bond acceptors (Lipinski definition) is 3. The van der Waals surface area contributed by atoms with Crippen LogP contribution in [-0.2, 0) is 6.42 Å². The Bertz CT molecular complexity index is 464. The van der Waals surface area contributed by atoms with Crippen molar-refractivity contribution in [3.05, 3.63) is 23.0 Å². The molecule has 0 radical (unpaired) electrons. The molecule has 2 heterocycles. The van der Waals surface area contributed by atoms with Gasteiger partial charge in [-0.15, -0.1) is 0 Å². The molecular formula is C14H20BrN3O. The van der Waals surface area contributed by atoms with Crippen LogP contribution in [0.1, 0.15) is 41.5 Å². The Morgan fingerprint density at radius 1 is 1.53 bits per heavy atom. The highest BCUT2D eigenvalue weighted by atomic mass is 79.9. The van der Waals surface area contributed by atoms with E-state index < -0.39 is 0 Å². The highest BCUT2D eigenvalue weighted by molar-refractivity contribution is 9.09. The summed E-state index contributed by atoms with van der Waals surface area (Å²) in [5.74, 6) is 0.680. The smallest absolute Gasteiger partial charge is 0.255 e. The van der Waals surface area contributed by atoms with E-state index in [-0.39, 0.29) is 5.91 Å². The normalized spacial score (nSPS) is 19.5. The predicted octanol–water partition coefficient (Wildman–Crippen LogP) is 2.59. The topological polar surface area (TPSA) is 46.1 Å². The maximum Gasteiger partial charge on any atom is 0.255 e. The summed E-state index contributed by atoms with van der Waals surface area (Å²) < 4.78 is 0. The molecule has 1 aromatic heterocycles. The number of aromatic nitrogens is 2. The summed E-state index contributed by atoms with van der Waals surface area (Å²) in [6, 6.07) is 1.87.